The van der Waals surface area contributed by atoms with Crippen LogP contribution in [0.5, 0.6) is 0 Å². The number of para-hydroxylation sites is 1. The van der Waals surface area contributed by atoms with Crippen molar-refractivity contribution in [1.82, 2.24) is 24.1 Å². The van der Waals surface area contributed by atoms with E-state index in [1.165, 1.54) is 15.4 Å². The third kappa shape index (κ3) is 2.68. The van der Waals surface area contributed by atoms with Gasteiger partial charge in [-0.1, -0.05) is 37.3 Å². The van der Waals surface area contributed by atoms with E-state index in [2.05, 4.69) is 10.4 Å². The molecule has 8 nitrogen and oxygen atoms in total. The molecular weight excluding hydrogens is 386 g/mol. The number of tetrazole rings is 1. The van der Waals surface area contributed by atoms with Crippen molar-refractivity contribution in [2.75, 3.05) is 0 Å². The maximum absolute atomic E-state index is 12.9. The fraction of sp³-hybridized carbons (Fsp3) is 0.176. The number of aromatic nitrogens is 4. The maximum atomic E-state index is 12.9. The molecule has 2 heterocycles. The number of hydrogen-bond donors (Lipinski definition) is 0. The Kier molecular flexibility index (Phi) is 4.16. The zero-order valence-electron chi connectivity index (χ0n) is 14.3. The monoisotopic (exact) mass is 401 g/mol. The molecule has 1 aliphatic heterocycles. The van der Waals surface area contributed by atoms with E-state index in [-0.39, 0.29) is 21.9 Å². The molecule has 27 heavy (non-hydrogen) atoms. The van der Waals surface area contributed by atoms with Gasteiger partial charge < -0.3 is 0 Å². The van der Waals surface area contributed by atoms with E-state index in [1.807, 2.05) is 25.1 Å². The van der Waals surface area contributed by atoms with Crippen LogP contribution in [-0.4, -0.2) is 38.4 Å². The molecule has 3 aromatic rings. The molecule has 0 aliphatic carbocycles. The molecule has 1 amide bonds. The normalized spacial score (nSPS) is 15.1. The Hall–Kier alpha value is -2.85. The van der Waals surface area contributed by atoms with Crippen molar-refractivity contribution in [1.29, 1.82) is 0 Å². The minimum Gasteiger partial charge on any atom is -0.268 e. The molecule has 10 heteroatoms. The largest absolute Gasteiger partial charge is 0.270 e. The van der Waals surface area contributed by atoms with Crippen molar-refractivity contribution in [2.24, 2.45) is 0 Å². The number of aryl methyl sites for hydroxylation is 1. The fourth-order valence-electron chi connectivity index (χ4n) is 3.04. The van der Waals surface area contributed by atoms with Gasteiger partial charge in [0.15, 0.2) is 0 Å². The predicted molar refractivity (Wildman–Crippen MR) is 99.4 cm³/mol. The highest BCUT2D eigenvalue weighted by Crippen LogP contribution is 2.33. The first-order valence-electron chi connectivity index (χ1n) is 8.22. The van der Waals surface area contributed by atoms with Gasteiger partial charge >= 0.3 is 0 Å². The third-order valence-electron chi connectivity index (χ3n) is 4.40. The number of nitrogens with zero attached hydrogens (tertiary/aromatic N) is 5. The molecule has 0 saturated heterocycles. The van der Waals surface area contributed by atoms with Crippen molar-refractivity contribution in [3.05, 3.63) is 64.4 Å². The second-order valence-electron chi connectivity index (χ2n) is 5.95. The van der Waals surface area contributed by atoms with Gasteiger partial charge in [-0.15, -0.1) is 0 Å². The van der Waals surface area contributed by atoms with Gasteiger partial charge in [-0.3, -0.25) is 4.79 Å². The summed E-state index contributed by atoms with van der Waals surface area (Å²) < 4.78 is 29.3. The number of amides is 1. The Morgan fingerprint density at radius 1 is 1.04 bits per heavy atom. The summed E-state index contributed by atoms with van der Waals surface area (Å²) in [7, 11) is -3.96. The Morgan fingerprint density at radius 2 is 1.78 bits per heavy atom. The lowest BCUT2D eigenvalue weighted by atomic mass is 10.0. The zero-order chi connectivity index (χ0) is 19.2. The smallest absolute Gasteiger partial charge is 0.268 e. The van der Waals surface area contributed by atoms with E-state index in [1.54, 1.807) is 24.3 Å². The van der Waals surface area contributed by atoms with Gasteiger partial charge in [0.25, 0.3) is 15.9 Å². The molecule has 0 unspecified atom stereocenters. The second-order valence-corrected chi connectivity index (χ2v) is 8.15. The van der Waals surface area contributed by atoms with Gasteiger partial charge in [0, 0.05) is 0 Å². The van der Waals surface area contributed by atoms with Crippen LogP contribution in [0.2, 0.25) is 0 Å². The predicted octanol–water partition coefficient (Wildman–Crippen LogP) is 2.16. The highest BCUT2D eigenvalue weighted by molar-refractivity contribution is 7.90. The average Bonchev–Trinajstić information content (AvgIpc) is 3.13. The summed E-state index contributed by atoms with van der Waals surface area (Å²) in [6, 6.07) is 14.0. The van der Waals surface area contributed by atoms with E-state index in [0.717, 1.165) is 4.31 Å². The van der Waals surface area contributed by atoms with E-state index in [4.69, 9.17) is 12.2 Å². The number of fused-ring (bicyclic) bond motifs is 1. The number of carbonyl (C=O) groups is 1. The zero-order valence-corrected chi connectivity index (χ0v) is 15.9. The van der Waals surface area contributed by atoms with Gasteiger partial charge in [0.05, 0.1) is 11.3 Å². The number of benzene rings is 2. The first-order chi connectivity index (χ1) is 12.9. The van der Waals surface area contributed by atoms with Crippen LogP contribution >= 0.6 is 12.2 Å². The highest BCUT2D eigenvalue weighted by atomic mass is 32.2. The lowest BCUT2D eigenvalue weighted by molar-refractivity contribution is 0.0837. The summed E-state index contributed by atoms with van der Waals surface area (Å²) in [5, 5.41) is 7.90. The van der Waals surface area contributed by atoms with E-state index >= 15 is 0 Å². The molecule has 0 fully saturated rings. The van der Waals surface area contributed by atoms with E-state index in [0.29, 0.717) is 17.7 Å². The quantitative estimate of drug-likeness (QED) is 0.623. The average molecular weight is 401 g/mol. The minimum absolute atomic E-state index is 0.0221. The molecule has 0 radical (unpaired) electrons. The van der Waals surface area contributed by atoms with Gasteiger partial charge in [-0.05, 0) is 52.8 Å². The summed E-state index contributed by atoms with van der Waals surface area (Å²) >= 11 is 5.36. The summed E-state index contributed by atoms with van der Waals surface area (Å²) in [4.78, 5) is 12.9. The summed E-state index contributed by atoms with van der Waals surface area (Å²) in [6.45, 7) is 1.55. The molecule has 2 aromatic carbocycles. The van der Waals surface area contributed by atoms with Crippen LogP contribution in [0, 0.1) is 4.77 Å². The molecule has 1 aliphatic rings. The van der Waals surface area contributed by atoms with Crippen LogP contribution in [0.15, 0.2) is 53.4 Å². The Balaban J connectivity index is 1.74. The van der Waals surface area contributed by atoms with Crippen molar-refractivity contribution < 1.29 is 13.2 Å². The SMILES string of the molecule is CCc1cccc2c1C(=O)N(Cn1nnn(-c3ccccc3)c1=S)S2(=O)=O. The molecule has 0 saturated carbocycles. The van der Waals surface area contributed by atoms with E-state index < -0.39 is 15.9 Å². The standard InChI is InChI=1S/C17H15N5O3S2/c1-2-12-7-6-10-14-15(12)16(23)21(27(14,24)25)11-20-17(26)22(19-18-20)13-8-4-3-5-9-13/h3-10H,2,11H2,1H3. The lowest BCUT2D eigenvalue weighted by Gasteiger charge is -2.14. The van der Waals surface area contributed by atoms with Crippen LogP contribution in [0.4, 0.5) is 0 Å². The van der Waals surface area contributed by atoms with Crippen LogP contribution < -0.4 is 0 Å². The van der Waals surface area contributed by atoms with Crippen molar-refractivity contribution in [3.63, 3.8) is 0 Å². The van der Waals surface area contributed by atoms with Crippen molar-refractivity contribution >= 4 is 28.1 Å². The molecule has 0 N–H and O–H groups in total. The summed E-state index contributed by atoms with van der Waals surface area (Å²) in [5.41, 5.74) is 1.61. The topological polar surface area (TPSA) is 90.1 Å². The summed E-state index contributed by atoms with van der Waals surface area (Å²) in [5.74, 6) is -0.571. The lowest BCUT2D eigenvalue weighted by Crippen LogP contribution is -2.32. The Bertz CT molecular complexity index is 1200. The van der Waals surface area contributed by atoms with Gasteiger partial charge in [-0.25, -0.2) is 12.7 Å². The molecule has 0 atom stereocenters. The molecule has 4 rings (SSSR count). The van der Waals surface area contributed by atoms with Crippen LogP contribution in [0.1, 0.15) is 22.8 Å². The third-order valence-corrected chi connectivity index (χ3v) is 6.55. The van der Waals surface area contributed by atoms with Crippen molar-refractivity contribution in [3.8, 4) is 5.69 Å². The van der Waals surface area contributed by atoms with Crippen LogP contribution in [0.3, 0.4) is 0 Å². The number of sulfonamides is 1. The molecule has 0 spiro atoms. The Labute approximate surface area is 160 Å². The second kappa shape index (κ2) is 6.39. The van der Waals surface area contributed by atoms with Gasteiger partial charge in [0.1, 0.15) is 11.6 Å². The number of hydrogen-bond acceptors (Lipinski definition) is 6. The first kappa shape index (κ1) is 17.6. The fourth-order valence-corrected chi connectivity index (χ4v) is 4.81. The minimum atomic E-state index is -3.96. The van der Waals surface area contributed by atoms with Crippen LogP contribution in [0.25, 0.3) is 5.69 Å². The number of carbonyl (C=O) groups excluding carboxylic acids is 1. The molecule has 0 bridgehead atoms. The Morgan fingerprint density at radius 3 is 2.48 bits per heavy atom. The van der Waals surface area contributed by atoms with Gasteiger partial charge in [0.2, 0.25) is 4.77 Å². The number of rotatable bonds is 4. The van der Waals surface area contributed by atoms with Crippen molar-refractivity contribution in [2.45, 2.75) is 24.9 Å². The van der Waals surface area contributed by atoms with Crippen LogP contribution in [-0.2, 0) is 23.1 Å². The molecule has 1 aromatic heterocycles. The summed E-state index contributed by atoms with van der Waals surface area (Å²) in [6.07, 6.45) is 0.557. The first-order valence-corrected chi connectivity index (χ1v) is 10.1. The molecular formula is C17H15N5O3S2. The molecule has 138 valence electrons. The van der Waals surface area contributed by atoms with Gasteiger partial charge in [-0.2, -0.15) is 9.36 Å². The maximum Gasteiger partial charge on any atom is 0.270 e. The highest BCUT2D eigenvalue weighted by Gasteiger charge is 2.42. The van der Waals surface area contributed by atoms with E-state index in [9.17, 15) is 13.2 Å².